The predicted molar refractivity (Wildman–Crippen MR) is 122 cm³/mol. The minimum atomic E-state index is -1.89. The topological polar surface area (TPSA) is 233 Å². The average Bonchev–Trinajstić information content (AvgIpc) is 2.84. The number of ether oxygens (including phenoxy) is 4. The largest absolute Gasteiger partial charge is 0.508 e. The molecule has 14 nitrogen and oxygen atoms in total. The van der Waals surface area contributed by atoms with Crippen molar-refractivity contribution in [3.8, 4) is 28.7 Å². The molecule has 2 heterocycles. The van der Waals surface area contributed by atoms with Crippen molar-refractivity contribution in [2.45, 2.75) is 43.2 Å². The number of carboxylic acids is 1. The Kier molecular flexibility index (Phi) is 7.50. The average molecular weight is 536 g/mol. The summed E-state index contributed by atoms with van der Waals surface area (Å²) in [6.45, 7) is -0.797. The van der Waals surface area contributed by atoms with Gasteiger partial charge < -0.3 is 59.8 Å². The van der Waals surface area contributed by atoms with Gasteiger partial charge in [-0.25, -0.2) is 0 Å². The van der Waals surface area contributed by atoms with Crippen molar-refractivity contribution < 1.29 is 69.4 Å². The molecule has 2 aliphatic heterocycles. The molecule has 2 aromatic carbocycles. The van der Waals surface area contributed by atoms with Crippen LogP contribution in [0.3, 0.4) is 0 Å². The van der Waals surface area contributed by atoms with E-state index in [4.69, 9.17) is 24.1 Å². The molecule has 0 spiro atoms. The second-order valence-corrected chi connectivity index (χ2v) is 8.52. The molecular formula is C24H24O14. The molecule has 0 aliphatic carbocycles. The highest BCUT2D eigenvalue weighted by molar-refractivity contribution is 5.90. The predicted octanol–water partition coefficient (Wildman–Crippen LogP) is -0.174. The number of phenolic OH excluding ortho intramolecular Hbond substituents is 4. The number of carbonyl (C=O) groups is 2. The molecular weight excluding hydrogens is 512 g/mol. The van der Waals surface area contributed by atoms with Gasteiger partial charge >= 0.3 is 11.9 Å². The van der Waals surface area contributed by atoms with Crippen molar-refractivity contribution in [2.24, 2.45) is 0 Å². The normalized spacial score (nSPS) is 26.4. The number of aliphatic carboxylic acids is 1. The Balaban J connectivity index is 1.70. The maximum Gasteiger partial charge on any atom is 0.317 e. The van der Waals surface area contributed by atoms with Crippen LogP contribution in [0.4, 0.5) is 0 Å². The van der Waals surface area contributed by atoms with Crippen LogP contribution in [0.1, 0.15) is 23.7 Å². The molecule has 1 saturated heterocycles. The number of fused-ring (bicyclic) bond motifs is 1. The third-order valence-electron chi connectivity index (χ3n) is 5.83. The number of esters is 1. The van der Waals surface area contributed by atoms with E-state index in [2.05, 4.69) is 0 Å². The van der Waals surface area contributed by atoms with Gasteiger partial charge in [-0.15, -0.1) is 0 Å². The fraction of sp³-hybridized carbons (Fsp3) is 0.333. The number of aliphatic hydroxyl groups is 3. The van der Waals surface area contributed by atoms with E-state index in [-0.39, 0.29) is 28.4 Å². The van der Waals surface area contributed by atoms with Gasteiger partial charge in [-0.05, 0) is 18.2 Å². The Morgan fingerprint density at radius 1 is 0.947 bits per heavy atom. The van der Waals surface area contributed by atoms with E-state index >= 15 is 0 Å². The number of aromatic hydroxyl groups is 4. The van der Waals surface area contributed by atoms with Gasteiger partial charge in [-0.1, -0.05) is 6.07 Å². The maximum absolute atomic E-state index is 11.9. The zero-order valence-corrected chi connectivity index (χ0v) is 19.4. The van der Waals surface area contributed by atoms with E-state index in [9.17, 15) is 45.3 Å². The van der Waals surface area contributed by atoms with E-state index in [1.54, 1.807) is 0 Å². The summed E-state index contributed by atoms with van der Waals surface area (Å²) in [4.78, 5) is 22.7. The Hall–Kier alpha value is -4.24. The van der Waals surface area contributed by atoms with E-state index in [0.717, 1.165) is 12.1 Å². The molecule has 2 aliphatic rings. The van der Waals surface area contributed by atoms with Crippen LogP contribution >= 0.6 is 0 Å². The fourth-order valence-corrected chi connectivity index (χ4v) is 4.02. The van der Waals surface area contributed by atoms with E-state index in [1.807, 2.05) is 0 Å². The molecule has 8 N–H and O–H groups in total. The van der Waals surface area contributed by atoms with Gasteiger partial charge in [0.05, 0.1) is 12.2 Å². The molecule has 6 unspecified atom stereocenters. The molecule has 14 heteroatoms. The fourth-order valence-electron chi connectivity index (χ4n) is 4.02. The highest BCUT2D eigenvalue weighted by atomic mass is 16.7. The SMILES string of the molecule is O=C(O)CC(=O)OC1C(O)C(CO)OC(OC2=Cc3c(O)cc(O)cc3OC2c2ccc(O)c(O)c2)C1O. The summed E-state index contributed by atoms with van der Waals surface area (Å²) in [5.41, 5.74) is 0.277. The number of hydrogen-bond acceptors (Lipinski definition) is 13. The van der Waals surface area contributed by atoms with Crippen LogP contribution in [0.15, 0.2) is 36.1 Å². The first-order valence-corrected chi connectivity index (χ1v) is 11.1. The Morgan fingerprint density at radius 3 is 2.34 bits per heavy atom. The summed E-state index contributed by atoms with van der Waals surface area (Å²) < 4.78 is 22.1. The number of aliphatic hydroxyl groups excluding tert-OH is 3. The second kappa shape index (κ2) is 10.6. The smallest absolute Gasteiger partial charge is 0.317 e. The number of carbonyl (C=O) groups excluding carboxylic acids is 1. The van der Waals surface area contributed by atoms with Gasteiger partial charge in [0.2, 0.25) is 6.29 Å². The van der Waals surface area contributed by atoms with Crippen molar-refractivity contribution in [3.63, 3.8) is 0 Å². The van der Waals surface area contributed by atoms with Crippen LogP contribution in [0.2, 0.25) is 0 Å². The van der Waals surface area contributed by atoms with Crippen LogP contribution in [0.5, 0.6) is 28.7 Å². The molecule has 1 fully saturated rings. The van der Waals surface area contributed by atoms with Crippen LogP contribution in [-0.4, -0.2) is 90.1 Å². The summed E-state index contributed by atoms with van der Waals surface area (Å²) in [6.07, 6.45) is -9.53. The van der Waals surface area contributed by atoms with Gasteiger partial charge in [0.15, 0.2) is 29.8 Å². The first-order valence-electron chi connectivity index (χ1n) is 11.1. The Labute approximate surface area is 213 Å². The van der Waals surface area contributed by atoms with Gasteiger partial charge in [0.25, 0.3) is 0 Å². The number of carboxylic acid groups (broad SMARTS) is 1. The van der Waals surface area contributed by atoms with Gasteiger partial charge in [-0.2, -0.15) is 0 Å². The lowest BCUT2D eigenvalue weighted by Gasteiger charge is -2.42. The molecule has 0 aromatic heterocycles. The molecule has 0 radical (unpaired) electrons. The highest BCUT2D eigenvalue weighted by Crippen LogP contribution is 2.45. The van der Waals surface area contributed by atoms with Gasteiger partial charge in [-0.3, -0.25) is 9.59 Å². The lowest BCUT2D eigenvalue weighted by molar-refractivity contribution is -0.296. The molecule has 204 valence electrons. The van der Waals surface area contributed by atoms with Gasteiger partial charge in [0.1, 0.15) is 41.6 Å². The van der Waals surface area contributed by atoms with Crippen molar-refractivity contribution in [2.75, 3.05) is 6.61 Å². The molecule has 0 saturated carbocycles. The molecule has 0 amide bonds. The monoisotopic (exact) mass is 536 g/mol. The minimum absolute atomic E-state index is 0.0154. The van der Waals surface area contributed by atoms with E-state index in [0.29, 0.717) is 0 Å². The standard InChI is InChI=1S/C24H24O14/c25-8-17-20(33)23(38-19(32)7-18(30)31)21(34)24(37-17)36-16-6-11-13(28)4-10(26)5-15(11)35-22(16)9-1-2-12(27)14(29)3-9/h1-6,17,20-29,33-34H,7-8H2,(H,30,31). The molecule has 6 atom stereocenters. The lowest BCUT2D eigenvalue weighted by atomic mass is 9.98. The summed E-state index contributed by atoms with van der Waals surface area (Å²) in [5, 5.41) is 79.5. The van der Waals surface area contributed by atoms with E-state index in [1.165, 1.54) is 24.3 Å². The van der Waals surface area contributed by atoms with Crippen molar-refractivity contribution in [1.82, 2.24) is 0 Å². The minimum Gasteiger partial charge on any atom is -0.508 e. The van der Waals surface area contributed by atoms with Crippen molar-refractivity contribution in [3.05, 3.63) is 47.2 Å². The summed E-state index contributed by atoms with van der Waals surface area (Å²) in [5.74, 6) is -4.55. The maximum atomic E-state index is 11.9. The lowest BCUT2D eigenvalue weighted by Crippen LogP contribution is -2.60. The Morgan fingerprint density at radius 2 is 1.68 bits per heavy atom. The highest BCUT2D eigenvalue weighted by Gasteiger charge is 2.49. The quantitative estimate of drug-likeness (QED) is 0.130. The van der Waals surface area contributed by atoms with Crippen molar-refractivity contribution >= 4 is 18.0 Å². The summed E-state index contributed by atoms with van der Waals surface area (Å²) in [7, 11) is 0. The second-order valence-electron chi connectivity index (χ2n) is 8.52. The first kappa shape index (κ1) is 26.8. The van der Waals surface area contributed by atoms with Gasteiger partial charge in [0, 0.05) is 17.7 Å². The molecule has 0 bridgehead atoms. The summed E-state index contributed by atoms with van der Waals surface area (Å²) >= 11 is 0. The van der Waals surface area contributed by atoms with Crippen LogP contribution in [0.25, 0.3) is 6.08 Å². The number of benzene rings is 2. The molecule has 4 rings (SSSR count). The van der Waals surface area contributed by atoms with Crippen molar-refractivity contribution in [1.29, 1.82) is 0 Å². The summed E-state index contributed by atoms with van der Waals surface area (Å²) in [6, 6.07) is 5.94. The Bertz CT molecular complexity index is 1260. The van der Waals surface area contributed by atoms with Crippen LogP contribution in [0, 0.1) is 0 Å². The third-order valence-corrected chi connectivity index (χ3v) is 5.83. The first-order chi connectivity index (χ1) is 18.0. The van der Waals surface area contributed by atoms with E-state index < -0.39 is 79.0 Å². The molecule has 38 heavy (non-hydrogen) atoms. The molecule has 2 aromatic rings. The zero-order chi connectivity index (χ0) is 27.7. The number of hydrogen-bond donors (Lipinski definition) is 8. The number of rotatable bonds is 7. The number of phenols is 4. The zero-order valence-electron chi connectivity index (χ0n) is 19.4. The van der Waals surface area contributed by atoms with Crippen LogP contribution in [-0.2, 0) is 23.8 Å². The van der Waals surface area contributed by atoms with Crippen LogP contribution < -0.4 is 4.74 Å². The third kappa shape index (κ3) is 5.38.